The Labute approximate surface area is 139 Å². The van der Waals surface area contributed by atoms with Crippen molar-refractivity contribution in [2.45, 2.75) is 20.4 Å². The third-order valence-electron chi connectivity index (χ3n) is 3.75. The highest BCUT2D eigenvalue weighted by Crippen LogP contribution is 2.18. The minimum atomic E-state index is -0.353. The highest BCUT2D eigenvalue weighted by molar-refractivity contribution is 6.07. The third-order valence-corrected chi connectivity index (χ3v) is 3.75. The van der Waals surface area contributed by atoms with E-state index in [1.54, 1.807) is 10.7 Å². The Bertz CT molecular complexity index is 909. The first-order valence-electron chi connectivity index (χ1n) is 7.62. The van der Waals surface area contributed by atoms with Crippen molar-refractivity contribution >= 4 is 22.6 Å². The monoisotopic (exact) mass is 322 g/mol. The molecule has 0 atom stereocenters. The molecule has 0 aliphatic rings. The second kappa shape index (κ2) is 6.54. The second-order valence-corrected chi connectivity index (χ2v) is 5.61. The van der Waals surface area contributed by atoms with Gasteiger partial charge in [0.2, 0.25) is 0 Å². The molecule has 0 aliphatic heterocycles. The first kappa shape index (κ1) is 15.7. The highest BCUT2D eigenvalue weighted by Gasteiger charge is 2.12. The zero-order valence-corrected chi connectivity index (χ0v) is 13.5. The number of nitrogens with zero attached hydrogens (tertiary/aromatic N) is 2. The summed E-state index contributed by atoms with van der Waals surface area (Å²) in [7, 11) is 0. The maximum absolute atomic E-state index is 12.3. The van der Waals surface area contributed by atoms with Crippen LogP contribution >= 0.6 is 0 Å². The fraction of sp³-hybridized carbons (Fsp3) is 0.167. The van der Waals surface area contributed by atoms with Gasteiger partial charge in [0.25, 0.3) is 11.8 Å². The summed E-state index contributed by atoms with van der Waals surface area (Å²) in [6.45, 7) is 3.79. The summed E-state index contributed by atoms with van der Waals surface area (Å²) in [4.78, 5) is 24.3. The molecular weight excluding hydrogens is 304 g/mol. The Balaban J connectivity index is 1.66. The van der Waals surface area contributed by atoms with E-state index in [9.17, 15) is 9.59 Å². The molecule has 122 valence electrons. The molecule has 0 bridgehead atoms. The summed E-state index contributed by atoms with van der Waals surface area (Å²) in [5, 5.41) is 6.03. The van der Waals surface area contributed by atoms with Crippen molar-refractivity contribution in [3.8, 4) is 0 Å². The van der Waals surface area contributed by atoms with Crippen molar-refractivity contribution < 1.29 is 9.59 Å². The lowest BCUT2D eigenvalue weighted by Gasteiger charge is -2.10. The van der Waals surface area contributed by atoms with Crippen LogP contribution in [0.1, 0.15) is 21.7 Å². The van der Waals surface area contributed by atoms with E-state index in [0.717, 1.165) is 22.2 Å². The molecule has 0 unspecified atom stereocenters. The van der Waals surface area contributed by atoms with Crippen LogP contribution in [0.25, 0.3) is 10.8 Å². The minimum absolute atomic E-state index is 0.0511. The number of aromatic nitrogens is 2. The van der Waals surface area contributed by atoms with Gasteiger partial charge in [0, 0.05) is 11.3 Å². The van der Waals surface area contributed by atoms with Gasteiger partial charge in [-0.05, 0) is 36.8 Å². The van der Waals surface area contributed by atoms with Gasteiger partial charge in [-0.15, -0.1) is 0 Å². The van der Waals surface area contributed by atoms with Crippen molar-refractivity contribution in [1.82, 2.24) is 20.6 Å². The maximum atomic E-state index is 12.3. The standard InChI is InChI=1S/C18H18N4O2/c1-12-10-13(2)22(21-12)11-17(23)19-20-18(24)16-9-5-7-14-6-3-4-8-15(14)16/h3-10H,11H2,1-2H3,(H,19,23)(H,20,24). The fourth-order valence-corrected chi connectivity index (χ4v) is 2.63. The predicted molar refractivity (Wildman–Crippen MR) is 91.3 cm³/mol. The zero-order valence-electron chi connectivity index (χ0n) is 13.5. The van der Waals surface area contributed by atoms with Crippen LogP contribution < -0.4 is 10.9 Å². The molecule has 2 aromatic carbocycles. The van der Waals surface area contributed by atoms with Crippen LogP contribution in [0.2, 0.25) is 0 Å². The SMILES string of the molecule is Cc1cc(C)n(CC(=O)NNC(=O)c2cccc3ccccc23)n1. The van der Waals surface area contributed by atoms with Crippen LogP contribution in [0.4, 0.5) is 0 Å². The molecule has 0 saturated heterocycles. The van der Waals surface area contributed by atoms with E-state index in [-0.39, 0.29) is 18.4 Å². The first-order chi connectivity index (χ1) is 11.5. The minimum Gasteiger partial charge on any atom is -0.271 e. The van der Waals surface area contributed by atoms with Crippen LogP contribution in [-0.2, 0) is 11.3 Å². The molecule has 2 amide bonds. The van der Waals surface area contributed by atoms with Crippen LogP contribution in [0.15, 0.2) is 48.5 Å². The average molecular weight is 322 g/mol. The molecule has 6 heteroatoms. The number of hydrazine groups is 1. The Kier molecular flexibility index (Phi) is 4.29. The van der Waals surface area contributed by atoms with E-state index in [1.165, 1.54) is 0 Å². The lowest BCUT2D eigenvalue weighted by atomic mass is 10.0. The predicted octanol–water partition coefficient (Wildman–Crippen LogP) is 2.11. The molecule has 0 aliphatic carbocycles. The number of fused-ring (bicyclic) bond motifs is 1. The fourth-order valence-electron chi connectivity index (χ4n) is 2.63. The Morgan fingerprint density at radius 2 is 1.79 bits per heavy atom. The molecule has 3 aromatic rings. The number of rotatable bonds is 3. The third kappa shape index (κ3) is 3.27. The Hall–Kier alpha value is -3.15. The van der Waals surface area contributed by atoms with Gasteiger partial charge in [-0.3, -0.25) is 25.1 Å². The molecular formula is C18H18N4O2. The van der Waals surface area contributed by atoms with E-state index in [1.807, 2.05) is 56.3 Å². The number of aryl methyl sites for hydroxylation is 2. The number of carbonyl (C=O) groups is 2. The molecule has 0 fully saturated rings. The molecule has 0 radical (unpaired) electrons. The zero-order chi connectivity index (χ0) is 17.1. The van der Waals surface area contributed by atoms with Crippen LogP contribution in [0.5, 0.6) is 0 Å². The summed E-state index contributed by atoms with van der Waals surface area (Å²) >= 11 is 0. The molecule has 3 rings (SSSR count). The first-order valence-corrected chi connectivity index (χ1v) is 7.62. The van der Waals surface area contributed by atoms with E-state index < -0.39 is 0 Å². The lowest BCUT2D eigenvalue weighted by Crippen LogP contribution is -2.43. The number of hydrogen-bond acceptors (Lipinski definition) is 3. The van der Waals surface area contributed by atoms with Gasteiger partial charge in [0.15, 0.2) is 0 Å². The summed E-state index contributed by atoms with van der Waals surface area (Å²) < 4.78 is 1.59. The van der Waals surface area contributed by atoms with Crippen LogP contribution in [-0.4, -0.2) is 21.6 Å². The molecule has 24 heavy (non-hydrogen) atoms. The Morgan fingerprint density at radius 1 is 1.04 bits per heavy atom. The van der Waals surface area contributed by atoms with Crippen molar-refractivity contribution in [3.63, 3.8) is 0 Å². The normalized spacial score (nSPS) is 10.6. The summed E-state index contributed by atoms with van der Waals surface area (Å²) in [6, 6.07) is 15.0. The van der Waals surface area contributed by atoms with Crippen LogP contribution in [0.3, 0.4) is 0 Å². The molecule has 6 nitrogen and oxygen atoms in total. The smallest absolute Gasteiger partial charge is 0.270 e. The molecule has 1 aromatic heterocycles. The van der Waals surface area contributed by atoms with E-state index in [2.05, 4.69) is 16.0 Å². The van der Waals surface area contributed by atoms with Gasteiger partial charge in [-0.25, -0.2) is 0 Å². The van der Waals surface area contributed by atoms with Gasteiger partial charge < -0.3 is 0 Å². The quantitative estimate of drug-likeness (QED) is 0.725. The number of amides is 2. The van der Waals surface area contributed by atoms with Crippen molar-refractivity contribution in [2.75, 3.05) is 0 Å². The van der Waals surface area contributed by atoms with Crippen molar-refractivity contribution in [3.05, 3.63) is 65.5 Å². The van der Waals surface area contributed by atoms with E-state index in [0.29, 0.717) is 5.56 Å². The Morgan fingerprint density at radius 3 is 2.54 bits per heavy atom. The van der Waals surface area contributed by atoms with E-state index in [4.69, 9.17) is 0 Å². The van der Waals surface area contributed by atoms with Crippen molar-refractivity contribution in [1.29, 1.82) is 0 Å². The van der Waals surface area contributed by atoms with Gasteiger partial charge in [0.1, 0.15) is 6.54 Å². The molecule has 0 saturated carbocycles. The summed E-state index contributed by atoms with van der Waals surface area (Å²) in [6.07, 6.45) is 0. The van der Waals surface area contributed by atoms with Crippen molar-refractivity contribution in [2.24, 2.45) is 0 Å². The van der Waals surface area contributed by atoms with Gasteiger partial charge in [0.05, 0.1) is 5.69 Å². The maximum Gasteiger partial charge on any atom is 0.270 e. The van der Waals surface area contributed by atoms with Gasteiger partial charge >= 0.3 is 0 Å². The number of hydrogen-bond donors (Lipinski definition) is 2. The lowest BCUT2D eigenvalue weighted by molar-refractivity contribution is -0.122. The number of carbonyl (C=O) groups excluding carboxylic acids is 2. The van der Waals surface area contributed by atoms with Gasteiger partial charge in [-0.2, -0.15) is 5.10 Å². The number of benzene rings is 2. The highest BCUT2D eigenvalue weighted by atomic mass is 16.2. The molecule has 0 spiro atoms. The molecule has 2 N–H and O–H groups in total. The van der Waals surface area contributed by atoms with Crippen LogP contribution in [0, 0.1) is 13.8 Å². The number of nitrogens with one attached hydrogen (secondary N) is 2. The molecule has 1 heterocycles. The second-order valence-electron chi connectivity index (χ2n) is 5.61. The summed E-state index contributed by atoms with van der Waals surface area (Å²) in [5.41, 5.74) is 7.14. The topological polar surface area (TPSA) is 76.0 Å². The van der Waals surface area contributed by atoms with E-state index >= 15 is 0 Å². The largest absolute Gasteiger partial charge is 0.271 e. The average Bonchev–Trinajstić information content (AvgIpc) is 2.89. The van der Waals surface area contributed by atoms with Gasteiger partial charge in [-0.1, -0.05) is 36.4 Å². The summed E-state index contributed by atoms with van der Waals surface area (Å²) in [5.74, 6) is -0.691.